The molecule has 3 aromatic heterocycles. The number of hydrogen-bond donors (Lipinski definition) is 0. The normalized spacial score (nSPS) is 13.7. The Morgan fingerprint density at radius 3 is 2.85 bits per heavy atom. The minimum absolute atomic E-state index is 0.0312. The molecule has 0 aliphatic carbocycles. The fourth-order valence-corrected chi connectivity index (χ4v) is 3.49. The quantitative estimate of drug-likeness (QED) is 0.564. The summed E-state index contributed by atoms with van der Waals surface area (Å²) >= 11 is 0. The number of amides is 1. The standard InChI is InChI=1S/C20H18N6O/c27-20(25-9-8-24-7-6-21-18(24)13-25)16-10-17-19(22-11-16)26(14-23-17)12-15-4-2-1-3-5-15/h1-7,10-11,14H,8-9,12-13H2. The summed E-state index contributed by atoms with van der Waals surface area (Å²) in [6, 6.07) is 12.0. The predicted octanol–water partition coefficient (Wildman–Crippen LogP) is 2.33. The summed E-state index contributed by atoms with van der Waals surface area (Å²) in [6.07, 6.45) is 7.14. The molecule has 0 spiro atoms. The van der Waals surface area contributed by atoms with Gasteiger partial charge < -0.3 is 14.0 Å². The monoisotopic (exact) mass is 358 g/mol. The van der Waals surface area contributed by atoms with Crippen molar-refractivity contribution < 1.29 is 4.79 Å². The molecule has 0 fully saturated rings. The molecule has 0 radical (unpaired) electrons. The Hall–Kier alpha value is -3.48. The SMILES string of the molecule is O=C(c1cnc2c(c1)ncn2Cc1ccccc1)N1CCn2ccnc2C1. The van der Waals surface area contributed by atoms with Crippen molar-refractivity contribution in [3.8, 4) is 0 Å². The summed E-state index contributed by atoms with van der Waals surface area (Å²) in [7, 11) is 0. The summed E-state index contributed by atoms with van der Waals surface area (Å²) in [5, 5.41) is 0. The Balaban J connectivity index is 1.40. The van der Waals surface area contributed by atoms with Gasteiger partial charge in [-0.2, -0.15) is 0 Å². The van der Waals surface area contributed by atoms with E-state index in [0.717, 1.165) is 23.5 Å². The molecule has 0 atom stereocenters. The van der Waals surface area contributed by atoms with Gasteiger partial charge in [0.2, 0.25) is 0 Å². The Kier molecular flexibility index (Phi) is 3.71. The maximum atomic E-state index is 12.9. The number of aromatic nitrogens is 5. The average molecular weight is 358 g/mol. The molecule has 1 amide bonds. The van der Waals surface area contributed by atoms with Crippen LogP contribution in [0.4, 0.5) is 0 Å². The third-order valence-electron chi connectivity index (χ3n) is 4.93. The maximum absolute atomic E-state index is 12.9. The van der Waals surface area contributed by atoms with Gasteiger partial charge in [-0.1, -0.05) is 30.3 Å². The van der Waals surface area contributed by atoms with Crippen molar-refractivity contribution in [1.29, 1.82) is 0 Å². The summed E-state index contributed by atoms with van der Waals surface area (Å²) in [6.45, 7) is 2.66. The van der Waals surface area contributed by atoms with Crippen LogP contribution in [0.3, 0.4) is 0 Å². The first-order valence-electron chi connectivity index (χ1n) is 8.92. The molecular weight excluding hydrogens is 340 g/mol. The summed E-state index contributed by atoms with van der Waals surface area (Å²) in [4.78, 5) is 28.0. The zero-order chi connectivity index (χ0) is 18.2. The molecule has 0 unspecified atom stereocenters. The number of pyridine rings is 1. The Morgan fingerprint density at radius 1 is 1.07 bits per heavy atom. The van der Waals surface area contributed by atoms with Crippen molar-refractivity contribution in [3.63, 3.8) is 0 Å². The van der Waals surface area contributed by atoms with Crippen LogP contribution in [0, 0.1) is 0 Å². The van der Waals surface area contributed by atoms with Crippen LogP contribution in [-0.4, -0.2) is 41.4 Å². The number of carbonyl (C=O) groups excluding carboxylic acids is 1. The molecule has 27 heavy (non-hydrogen) atoms. The van der Waals surface area contributed by atoms with Crippen molar-refractivity contribution in [2.75, 3.05) is 6.54 Å². The van der Waals surface area contributed by atoms with Gasteiger partial charge in [0.15, 0.2) is 5.65 Å². The highest BCUT2D eigenvalue weighted by molar-refractivity contribution is 5.96. The van der Waals surface area contributed by atoms with E-state index >= 15 is 0 Å². The summed E-state index contributed by atoms with van der Waals surface area (Å²) < 4.78 is 4.08. The number of fused-ring (bicyclic) bond motifs is 2. The molecule has 1 aliphatic heterocycles. The van der Waals surface area contributed by atoms with Gasteiger partial charge in [-0.15, -0.1) is 0 Å². The molecule has 0 N–H and O–H groups in total. The lowest BCUT2D eigenvalue weighted by molar-refractivity contribution is 0.0707. The third-order valence-corrected chi connectivity index (χ3v) is 4.93. The van der Waals surface area contributed by atoms with Gasteiger partial charge in [-0.05, 0) is 11.6 Å². The van der Waals surface area contributed by atoms with Gasteiger partial charge in [0, 0.05) is 31.7 Å². The number of carbonyl (C=O) groups is 1. The van der Waals surface area contributed by atoms with Crippen molar-refractivity contribution in [3.05, 3.63) is 78.3 Å². The minimum atomic E-state index is -0.0312. The van der Waals surface area contributed by atoms with E-state index in [2.05, 4.69) is 31.7 Å². The van der Waals surface area contributed by atoms with E-state index in [1.54, 1.807) is 18.7 Å². The molecule has 0 saturated carbocycles. The number of rotatable bonds is 3. The summed E-state index contributed by atoms with van der Waals surface area (Å²) in [5.41, 5.74) is 3.26. The van der Waals surface area contributed by atoms with Crippen LogP contribution in [0.1, 0.15) is 21.7 Å². The van der Waals surface area contributed by atoms with Crippen LogP contribution >= 0.6 is 0 Å². The second kappa shape index (κ2) is 6.35. The predicted molar refractivity (Wildman–Crippen MR) is 100 cm³/mol. The van der Waals surface area contributed by atoms with Crippen LogP contribution in [0.15, 0.2) is 61.3 Å². The van der Waals surface area contributed by atoms with Gasteiger partial charge in [-0.25, -0.2) is 15.0 Å². The largest absolute Gasteiger partial charge is 0.332 e. The molecule has 4 aromatic rings. The van der Waals surface area contributed by atoms with E-state index in [4.69, 9.17) is 0 Å². The lowest BCUT2D eigenvalue weighted by Crippen LogP contribution is -2.38. The van der Waals surface area contributed by atoms with Gasteiger partial charge in [0.25, 0.3) is 5.91 Å². The fraction of sp³-hybridized carbons (Fsp3) is 0.200. The van der Waals surface area contributed by atoms with Crippen LogP contribution in [0.5, 0.6) is 0 Å². The van der Waals surface area contributed by atoms with Crippen LogP contribution < -0.4 is 0 Å². The highest BCUT2D eigenvalue weighted by atomic mass is 16.2. The molecule has 4 heterocycles. The Morgan fingerprint density at radius 2 is 1.96 bits per heavy atom. The minimum Gasteiger partial charge on any atom is -0.332 e. The Bertz CT molecular complexity index is 1110. The van der Waals surface area contributed by atoms with Crippen molar-refractivity contribution >= 4 is 17.1 Å². The van der Waals surface area contributed by atoms with Crippen LogP contribution in [0.2, 0.25) is 0 Å². The highest BCUT2D eigenvalue weighted by Crippen LogP contribution is 2.18. The van der Waals surface area contributed by atoms with Crippen molar-refractivity contribution in [2.45, 2.75) is 19.6 Å². The molecule has 134 valence electrons. The first-order chi connectivity index (χ1) is 13.3. The molecular formula is C20H18N6O. The number of imidazole rings is 2. The molecule has 7 nitrogen and oxygen atoms in total. The number of nitrogens with zero attached hydrogens (tertiary/aromatic N) is 6. The zero-order valence-corrected chi connectivity index (χ0v) is 14.7. The lowest BCUT2D eigenvalue weighted by Gasteiger charge is -2.27. The zero-order valence-electron chi connectivity index (χ0n) is 14.7. The molecule has 1 aliphatic rings. The van der Waals surface area contributed by atoms with Gasteiger partial charge in [0.1, 0.15) is 11.3 Å². The van der Waals surface area contributed by atoms with E-state index < -0.39 is 0 Å². The highest BCUT2D eigenvalue weighted by Gasteiger charge is 2.23. The fourth-order valence-electron chi connectivity index (χ4n) is 3.49. The van der Waals surface area contributed by atoms with E-state index in [9.17, 15) is 4.79 Å². The molecule has 7 heteroatoms. The smallest absolute Gasteiger partial charge is 0.255 e. The summed E-state index contributed by atoms with van der Waals surface area (Å²) in [5.74, 6) is 0.882. The van der Waals surface area contributed by atoms with E-state index in [1.165, 1.54) is 5.56 Å². The maximum Gasteiger partial charge on any atom is 0.255 e. The van der Waals surface area contributed by atoms with Crippen LogP contribution in [-0.2, 0) is 19.6 Å². The van der Waals surface area contributed by atoms with Crippen molar-refractivity contribution in [2.24, 2.45) is 0 Å². The second-order valence-electron chi connectivity index (χ2n) is 6.69. The average Bonchev–Trinajstić information content (AvgIpc) is 3.34. The van der Waals surface area contributed by atoms with E-state index in [-0.39, 0.29) is 5.91 Å². The van der Waals surface area contributed by atoms with Gasteiger partial charge >= 0.3 is 0 Å². The topological polar surface area (TPSA) is 68.8 Å². The molecule has 5 rings (SSSR count). The second-order valence-corrected chi connectivity index (χ2v) is 6.69. The Labute approximate surface area is 155 Å². The first kappa shape index (κ1) is 15.7. The third kappa shape index (κ3) is 2.87. The van der Waals surface area contributed by atoms with E-state index in [1.807, 2.05) is 39.9 Å². The lowest BCUT2D eigenvalue weighted by atomic mass is 10.2. The van der Waals surface area contributed by atoms with Crippen molar-refractivity contribution in [1.82, 2.24) is 29.0 Å². The first-order valence-corrected chi connectivity index (χ1v) is 8.92. The van der Waals surface area contributed by atoms with Crippen LogP contribution in [0.25, 0.3) is 11.2 Å². The van der Waals surface area contributed by atoms with Gasteiger partial charge in [-0.3, -0.25) is 4.79 Å². The number of benzene rings is 1. The van der Waals surface area contributed by atoms with Gasteiger partial charge in [0.05, 0.1) is 25.0 Å². The molecule has 0 bridgehead atoms. The van der Waals surface area contributed by atoms with E-state index in [0.29, 0.717) is 25.2 Å². The molecule has 0 saturated heterocycles. The number of hydrogen-bond acceptors (Lipinski definition) is 4. The molecule has 1 aromatic carbocycles.